The van der Waals surface area contributed by atoms with Crippen LogP contribution in [-0.4, -0.2) is 31.5 Å². The lowest BCUT2D eigenvalue weighted by Gasteiger charge is -2.20. The van der Waals surface area contributed by atoms with Crippen molar-refractivity contribution in [1.29, 1.82) is 0 Å². The van der Waals surface area contributed by atoms with Crippen molar-refractivity contribution in [3.63, 3.8) is 0 Å². The molecule has 4 heteroatoms. The summed E-state index contributed by atoms with van der Waals surface area (Å²) in [6.07, 6.45) is 2.52. The quantitative estimate of drug-likeness (QED) is 0.712. The molecule has 0 atom stereocenters. The van der Waals surface area contributed by atoms with Gasteiger partial charge in [0.05, 0.1) is 13.2 Å². The highest BCUT2D eigenvalue weighted by Crippen LogP contribution is 2.08. The molecular weight excluding hydrogens is 194 g/mol. The van der Waals surface area contributed by atoms with Crippen LogP contribution in [0.2, 0.25) is 0 Å². The van der Waals surface area contributed by atoms with Crippen LogP contribution in [0, 0.1) is 0 Å². The number of hydrogen-bond donors (Lipinski definition) is 1. The molecule has 4 nitrogen and oxygen atoms in total. The van der Waals surface area contributed by atoms with Crippen molar-refractivity contribution in [2.45, 2.75) is 32.8 Å². The Hall–Kier alpha value is -1.03. The summed E-state index contributed by atoms with van der Waals surface area (Å²) in [6.45, 7) is 7.48. The van der Waals surface area contributed by atoms with Crippen LogP contribution >= 0.6 is 0 Å². The zero-order chi connectivity index (χ0) is 11.3. The molecule has 0 unspecified atom stereocenters. The van der Waals surface area contributed by atoms with Crippen molar-refractivity contribution in [3.8, 4) is 0 Å². The predicted molar refractivity (Wildman–Crippen MR) is 57.8 cm³/mol. The van der Waals surface area contributed by atoms with Crippen LogP contribution in [-0.2, 0) is 9.47 Å². The fourth-order valence-electron chi connectivity index (χ4n) is 1.23. The van der Waals surface area contributed by atoms with Crippen molar-refractivity contribution in [2.24, 2.45) is 0 Å². The molecule has 0 aromatic carbocycles. The van der Waals surface area contributed by atoms with Crippen molar-refractivity contribution >= 4 is 6.09 Å². The summed E-state index contributed by atoms with van der Waals surface area (Å²) in [5.41, 5.74) is 0.765. The molecule has 1 N–H and O–H groups in total. The van der Waals surface area contributed by atoms with Gasteiger partial charge in [0, 0.05) is 6.54 Å². The average Bonchev–Trinajstić information content (AvgIpc) is 2.14. The Morgan fingerprint density at radius 2 is 2.33 bits per heavy atom. The van der Waals surface area contributed by atoms with Crippen LogP contribution in [0.5, 0.6) is 0 Å². The number of ether oxygens (including phenoxy) is 2. The second kappa shape index (κ2) is 5.16. The Morgan fingerprint density at radius 1 is 1.60 bits per heavy atom. The van der Waals surface area contributed by atoms with E-state index in [0.29, 0.717) is 13.2 Å². The smallest absolute Gasteiger partial charge is 0.407 e. The van der Waals surface area contributed by atoms with Crippen LogP contribution in [0.25, 0.3) is 0 Å². The van der Waals surface area contributed by atoms with Gasteiger partial charge in [-0.25, -0.2) is 4.79 Å². The van der Waals surface area contributed by atoms with E-state index < -0.39 is 5.60 Å². The fourth-order valence-corrected chi connectivity index (χ4v) is 1.23. The molecule has 0 fully saturated rings. The molecule has 0 radical (unpaired) electrons. The van der Waals surface area contributed by atoms with E-state index in [1.807, 2.05) is 26.8 Å². The minimum absolute atomic E-state index is 0.366. The maximum atomic E-state index is 11.3. The second-order valence-corrected chi connectivity index (χ2v) is 4.54. The lowest BCUT2D eigenvalue weighted by Crippen LogP contribution is -2.34. The van der Waals surface area contributed by atoms with E-state index in [-0.39, 0.29) is 6.09 Å². The van der Waals surface area contributed by atoms with Gasteiger partial charge in [-0.2, -0.15) is 0 Å². The molecule has 1 aliphatic rings. The van der Waals surface area contributed by atoms with Crippen molar-refractivity contribution in [2.75, 3.05) is 19.8 Å². The molecule has 0 saturated carbocycles. The Morgan fingerprint density at radius 3 is 2.87 bits per heavy atom. The summed E-state index contributed by atoms with van der Waals surface area (Å²) >= 11 is 0. The third kappa shape index (κ3) is 5.42. The summed E-state index contributed by atoms with van der Waals surface area (Å²) in [5, 5.41) is 2.72. The summed E-state index contributed by atoms with van der Waals surface area (Å²) < 4.78 is 10.3. The van der Waals surface area contributed by atoms with Crippen LogP contribution < -0.4 is 5.32 Å². The molecule has 1 amide bonds. The first kappa shape index (κ1) is 12.0. The molecule has 0 aromatic rings. The normalized spacial score (nSPS) is 16.9. The Labute approximate surface area is 90.6 Å². The van der Waals surface area contributed by atoms with E-state index in [1.54, 1.807) is 0 Å². The molecule has 1 aliphatic heterocycles. The number of nitrogens with one attached hydrogen (secondary N) is 1. The molecule has 0 bridgehead atoms. The molecule has 1 rings (SSSR count). The Kier molecular flexibility index (Phi) is 4.15. The van der Waals surface area contributed by atoms with Crippen molar-refractivity contribution in [1.82, 2.24) is 5.32 Å². The summed E-state index contributed by atoms with van der Waals surface area (Å²) in [6, 6.07) is 0. The van der Waals surface area contributed by atoms with Crippen molar-refractivity contribution in [3.05, 3.63) is 11.6 Å². The van der Waals surface area contributed by atoms with Crippen LogP contribution in [0.15, 0.2) is 11.6 Å². The summed E-state index contributed by atoms with van der Waals surface area (Å²) in [7, 11) is 0. The Balaban J connectivity index is 2.24. The molecule has 15 heavy (non-hydrogen) atoms. The van der Waals surface area contributed by atoms with Gasteiger partial charge in [0.1, 0.15) is 5.60 Å². The van der Waals surface area contributed by atoms with Gasteiger partial charge in [0.15, 0.2) is 0 Å². The first-order valence-electron chi connectivity index (χ1n) is 5.20. The van der Waals surface area contributed by atoms with E-state index >= 15 is 0 Å². The van der Waals surface area contributed by atoms with E-state index in [9.17, 15) is 4.79 Å². The SMILES string of the molecule is CC(C)(C)OC(=O)NCC1=CCOCC1. The van der Waals surface area contributed by atoms with Crippen LogP contribution in [0.4, 0.5) is 4.79 Å². The second-order valence-electron chi connectivity index (χ2n) is 4.54. The summed E-state index contributed by atoms with van der Waals surface area (Å²) in [5.74, 6) is 0. The van der Waals surface area contributed by atoms with Gasteiger partial charge < -0.3 is 14.8 Å². The third-order valence-corrected chi connectivity index (χ3v) is 1.92. The first-order chi connectivity index (χ1) is 6.97. The van der Waals surface area contributed by atoms with E-state index in [2.05, 4.69) is 5.32 Å². The molecule has 0 spiro atoms. The maximum absolute atomic E-state index is 11.3. The molecule has 0 aliphatic carbocycles. The standard InChI is InChI=1S/C11H19NO3/c1-11(2,3)15-10(13)12-8-9-4-6-14-7-5-9/h4H,5-8H2,1-3H3,(H,12,13). The van der Waals surface area contributed by atoms with Crippen molar-refractivity contribution < 1.29 is 14.3 Å². The van der Waals surface area contributed by atoms with Gasteiger partial charge in [0.25, 0.3) is 0 Å². The lowest BCUT2D eigenvalue weighted by molar-refractivity contribution is 0.0530. The minimum atomic E-state index is -0.436. The number of rotatable bonds is 2. The van der Waals surface area contributed by atoms with Gasteiger partial charge in [0.2, 0.25) is 0 Å². The number of hydrogen-bond acceptors (Lipinski definition) is 3. The Bertz CT molecular complexity index is 253. The average molecular weight is 213 g/mol. The van der Waals surface area contributed by atoms with Gasteiger partial charge in [-0.05, 0) is 27.2 Å². The molecule has 0 aromatic heterocycles. The van der Waals surface area contributed by atoms with Gasteiger partial charge in [-0.15, -0.1) is 0 Å². The third-order valence-electron chi connectivity index (χ3n) is 1.92. The maximum Gasteiger partial charge on any atom is 0.407 e. The highest BCUT2D eigenvalue weighted by Gasteiger charge is 2.16. The number of alkyl carbamates (subject to hydrolysis) is 1. The molecule has 0 saturated heterocycles. The first-order valence-corrected chi connectivity index (χ1v) is 5.20. The zero-order valence-electron chi connectivity index (χ0n) is 9.63. The minimum Gasteiger partial charge on any atom is -0.444 e. The topological polar surface area (TPSA) is 47.6 Å². The molecular formula is C11H19NO3. The highest BCUT2D eigenvalue weighted by molar-refractivity contribution is 5.68. The lowest BCUT2D eigenvalue weighted by atomic mass is 10.1. The van der Waals surface area contributed by atoms with Gasteiger partial charge >= 0.3 is 6.09 Å². The van der Waals surface area contributed by atoms with Gasteiger partial charge in [-0.3, -0.25) is 0 Å². The number of amides is 1. The number of carbonyl (C=O) groups excluding carboxylic acids is 1. The van der Waals surface area contributed by atoms with Crippen LogP contribution in [0.1, 0.15) is 27.2 Å². The molecule has 86 valence electrons. The van der Waals surface area contributed by atoms with Gasteiger partial charge in [-0.1, -0.05) is 11.6 Å². The van der Waals surface area contributed by atoms with Crippen LogP contribution in [0.3, 0.4) is 0 Å². The van der Waals surface area contributed by atoms with E-state index in [0.717, 1.165) is 13.0 Å². The predicted octanol–water partition coefficient (Wildman–Crippen LogP) is 1.86. The fraction of sp³-hybridized carbons (Fsp3) is 0.727. The highest BCUT2D eigenvalue weighted by atomic mass is 16.6. The monoisotopic (exact) mass is 213 g/mol. The van der Waals surface area contributed by atoms with E-state index in [4.69, 9.17) is 9.47 Å². The molecule has 1 heterocycles. The summed E-state index contributed by atoms with van der Waals surface area (Å²) in [4.78, 5) is 11.3. The number of carbonyl (C=O) groups is 1. The zero-order valence-corrected chi connectivity index (χ0v) is 9.63. The largest absolute Gasteiger partial charge is 0.444 e. The van der Waals surface area contributed by atoms with E-state index in [1.165, 1.54) is 5.57 Å².